The molecule has 2 fully saturated rings. The van der Waals surface area contributed by atoms with Crippen LogP contribution in [0.25, 0.3) is 5.57 Å². The molecule has 0 aromatic heterocycles. The standard InChI is InChI=1S/C17H22ClN/c1-10(12-5-3-6-12)14-9-15(18)11(2)17(19)16(14)13-7-4-8-13/h9,13H,3-8,19H2,1-2H3. The molecule has 0 spiro atoms. The highest BCUT2D eigenvalue weighted by Crippen LogP contribution is 2.46. The number of benzene rings is 1. The summed E-state index contributed by atoms with van der Waals surface area (Å²) in [6.45, 7) is 4.28. The van der Waals surface area contributed by atoms with Crippen molar-refractivity contribution in [2.24, 2.45) is 0 Å². The molecule has 19 heavy (non-hydrogen) atoms. The molecule has 0 amide bonds. The molecule has 2 aliphatic carbocycles. The van der Waals surface area contributed by atoms with Crippen LogP contribution in [0, 0.1) is 6.92 Å². The second-order valence-corrected chi connectivity index (χ2v) is 6.48. The Bertz CT molecular complexity index is 547. The van der Waals surface area contributed by atoms with Gasteiger partial charge in [0.05, 0.1) is 0 Å². The van der Waals surface area contributed by atoms with Gasteiger partial charge in [0.25, 0.3) is 0 Å². The van der Waals surface area contributed by atoms with Gasteiger partial charge in [0, 0.05) is 10.7 Å². The first kappa shape index (κ1) is 13.1. The van der Waals surface area contributed by atoms with Crippen LogP contribution in [-0.4, -0.2) is 0 Å². The highest BCUT2D eigenvalue weighted by atomic mass is 35.5. The zero-order chi connectivity index (χ0) is 13.6. The van der Waals surface area contributed by atoms with Crippen LogP contribution in [-0.2, 0) is 0 Å². The topological polar surface area (TPSA) is 26.0 Å². The lowest BCUT2D eigenvalue weighted by atomic mass is 9.74. The van der Waals surface area contributed by atoms with Crippen LogP contribution >= 0.6 is 11.6 Å². The van der Waals surface area contributed by atoms with E-state index in [-0.39, 0.29) is 0 Å². The minimum Gasteiger partial charge on any atom is -0.398 e. The van der Waals surface area contributed by atoms with Gasteiger partial charge in [-0.3, -0.25) is 0 Å². The first-order valence-corrected chi connectivity index (χ1v) is 7.75. The fourth-order valence-corrected chi connectivity index (χ4v) is 3.37. The SMILES string of the molecule is CC(=C1CCC1)c1cc(Cl)c(C)c(N)c1C1CCC1. The molecule has 0 heterocycles. The molecular weight excluding hydrogens is 254 g/mol. The van der Waals surface area contributed by atoms with Gasteiger partial charge in [-0.2, -0.15) is 0 Å². The van der Waals surface area contributed by atoms with E-state index in [1.807, 2.05) is 6.92 Å². The van der Waals surface area contributed by atoms with Gasteiger partial charge in [-0.25, -0.2) is 0 Å². The van der Waals surface area contributed by atoms with E-state index >= 15 is 0 Å². The molecule has 3 rings (SSSR count). The zero-order valence-corrected chi connectivity index (χ0v) is 12.6. The van der Waals surface area contributed by atoms with Gasteiger partial charge >= 0.3 is 0 Å². The molecular formula is C17H22ClN. The summed E-state index contributed by atoms with van der Waals surface area (Å²) < 4.78 is 0. The van der Waals surface area contributed by atoms with E-state index in [4.69, 9.17) is 17.3 Å². The Morgan fingerprint density at radius 2 is 1.95 bits per heavy atom. The van der Waals surface area contributed by atoms with Gasteiger partial charge in [-0.1, -0.05) is 23.6 Å². The minimum absolute atomic E-state index is 0.654. The number of halogens is 1. The van der Waals surface area contributed by atoms with Crippen molar-refractivity contribution in [1.29, 1.82) is 0 Å². The van der Waals surface area contributed by atoms with Gasteiger partial charge < -0.3 is 5.73 Å². The van der Waals surface area contributed by atoms with Gasteiger partial charge in [-0.15, -0.1) is 0 Å². The van der Waals surface area contributed by atoms with Crippen LogP contribution in [0.1, 0.15) is 68.1 Å². The summed E-state index contributed by atoms with van der Waals surface area (Å²) in [6, 6.07) is 2.15. The van der Waals surface area contributed by atoms with Crippen molar-refractivity contribution >= 4 is 22.9 Å². The van der Waals surface area contributed by atoms with Crippen molar-refractivity contribution in [2.75, 3.05) is 5.73 Å². The molecule has 2 heteroatoms. The first-order chi connectivity index (χ1) is 9.09. The lowest BCUT2D eigenvalue weighted by Gasteiger charge is -2.32. The Morgan fingerprint density at radius 3 is 2.42 bits per heavy atom. The Morgan fingerprint density at radius 1 is 1.26 bits per heavy atom. The smallest absolute Gasteiger partial charge is 0.0461 e. The molecule has 2 saturated carbocycles. The number of nitrogen functional groups attached to an aromatic ring is 1. The Hall–Kier alpha value is -0.950. The van der Waals surface area contributed by atoms with Crippen molar-refractivity contribution in [1.82, 2.24) is 0 Å². The van der Waals surface area contributed by atoms with E-state index in [0.29, 0.717) is 5.92 Å². The molecule has 2 aliphatic rings. The molecule has 2 N–H and O–H groups in total. The molecule has 0 aliphatic heterocycles. The third-order valence-corrected chi connectivity index (χ3v) is 5.41. The predicted octanol–water partition coefficient (Wildman–Crippen LogP) is 5.46. The van der Waals surface area contributed by atoms with E-state index in [9.17, 15) is 0 Å². The maximum atomic E-state index is 6.38. The van der Waals surface area contributed by atoms with Crippen molar-refractivity contribution < 1.29 is 0 Å². The van der Waals surface area contributed by atoms with Crippen LogP contribution in [0.5, 0.6) is 0 Å². The average molecular weight is 276 g/mol. The van der Waals surface area contributed by atoms with E-state index in [1.54, 1.807) is 5.57 Å². The normalized spacial score (nSPS) is 19.0. The second-order valence-electron chi connectivity index (χ2n) is 6.07. The average Bonchev–Trinajstić information content (AvgIpc) is 2.24. The second kappa shape index (κ2) is 4.86. The van der Waals surface area contributed by atoms with Crippen molar-refractivity contribution in [2.45, 2.75) is 58.3 Å². The van der Waals surface area contributed by atoms with Crippen LogP contribution < -0.4 is 5.73 Å². The number of anilines is 1. The summed E-state index contributed by atoms with van der Waals surface area (Å²) in [4.78, 5) is 0. The summed E-state index contributed by atoms with van der Waals surface area (Å²) in [6.07, 6.45) is 7.73. The van der Waals surface area contributed by atoms with Gasteiger partial charge in [-0.05, 0) is 80.2 Å². The number of hydrogen-bond acceptors (Lipinski definition) is 1. The van der Waals surface area contributed by atoms with Gasteiger partial charge in [0.15, 0.2) is 0 Å². The fraction of sp³-hybridized carbons (Fsp3) is 0.529. The third-order valence-electron chi connectivity index (χ3n) is 5.02. The summed E-state index contributed by atoms with van der Waals surface area (Å²) in [7, 11) is 0. The lowest BCUT2D eigenvalue weighted by molar-refractivity contribution is 0.420. The number of rotatable bonds is 2. The molecule has 0 bridgehead atoms. The van der Waals surface area contributed by atoms with E-state index in [0.717, 1.165) is 16.3 Å². The van der Waals surface area contributed by atoms with Crippen LogP contribution in [0.15, 0.2) is 11.6 Å². The molecule has 0 radical (unpaired) electrons. The van der Waals surface area contributed by atoms with Crippen LogP contribution in [0.4, 0.5) is 5.69 Å². The van der Waals surface area contributed by atoms with Gasteiger partial charge in [0.2, 0.25) is 0 Å². The van der Waals surface area contributed by atoms with E-state index in [1.165, 1.54) is 55.2 Å². The minimum atomic E-state index is 0.654. The first-order valence-electron chi connectivity index (χ1n) is 7.37. The highest BCUT2D eigenvalue weighted by Gasteiger charge is 2.27. The Kier molecular flexibility index (Phi) is 3.34. The Balaban J connectivity index is 2.16. The summed E-state index contributed by atoms with van der Waals surface area (Å²) in [5.74, 6) is 0.654. The molecule has 0 atom stereocenters. The summed E-state index contributed by atoms with van der Waals surface area (Å²) >= 11 is 6.36. The maximum Gasteiger partial charge on any atom is 0.0461 e. The Labute approximate surface area is 120 Å². The third kappa shape index (κ3) is 2.08. The molecule has 0 unspecified atom stereocenters. The molecule has 1 nitrogen and oxygen atoms in total. The number of allylic oxidation sites excluding steroid dienone is 2. The largest absolute Gasteiger partial charge is 0.398 e. The summed E-state index contributed by atoms with van der Waals surface area (Å²) in [5.41, 5.74) is 14.1. The lowest BCUT2D eigenvalue weighted by Crippen LogP contribution is -2.15. The van der Waals surface area contributed by atoms with Crippen molar-refractivity contribution in [3.8, 4) is 0 Å². The predicted molar refractivity (Wildman–Crippen MR) is 83.6 cm³/mol. The van der Waals surface area contributed by atoms with Crippen LogP contribution in [0.2, 0.25) is 5.02 Å². The number of hydrogen-bond donors (Lipinski definition) is 1. The molecule has 102 valence electrons. The molecule has 1 aromatic carbocycles. The quantitative estimate of drug-likeness (QED) is 0.713. The van der Waals surface area contributed by atoms with Gasteiger partial charge in [0.1, 0.15) is 0 Å². The van der Waals surface area contributed by atoms with E-state index in [2.05, 4.69) is 13.0 Å². The van der Waals surface area contributed by atoms with Crippen molar-refractivity contribution in [3.63, 3.8) is 0 Å². The van der Waals surface area contributed by atoms with Crippen LogP contribution in [0.3, 0.4) is 0 Å². The highest BCUT2D eigenvalue weighted by molar-refractivity contribution is 6.32. The van der Waals surface area contributed by atoms with E-state index < -0.39 is 0 Å². The monoisotopic (exact) mass is 275 g/mol. The summed E-state index contributed by atoms with van der Waals surface area (Å²) in [5, 5.41) is 0.815. The molecule has 0 saturated heterocycles. The number of nitrogens with two attached hydrogens (primary N) is 1. The zero-order valence-electron chi connectivity index (χ0n) is 11.9. The fourth-order valence-electron chi connectivity index (χ4n) is 3.15. The molecule has 1 aromatic rings. The van der Waals surface area contributed by atoms with Crippen molar-refractivity contribution in [3.05, 3.63) is 33.4 Å². The maximum absolute atomic E-state index is 6.38.